The van der Waals surface area contributed by atoms with E-state index in [4.69, 9.17) is 10.5 Å². The zero-order valence-corrected chi connectivity index (χ0v) is 16.7. The van der Waals surface area contributed by atoms with Crippen molar-refractivity contribution in [2.24, 2.45) is 0 Å². The van der Waals surface area contributed by atoms with Crippen molar-refractivity contribution in [2.45, 2.75) is 13.0 Å². The lowest BCUT2D eigenvalue weighted by Crippen LogP contribution is -2.22. The van der Waals surface area contributed by atoms with E-state index in [1.54, 1.807) is 25.3 Å². The number of aromatic hydroxyl groups is 1. The summed E-state index contributed by atoms with van der Waals surface area (Å²) < 4.78 is 6.36. The van der Waals surface area contributed by atoms with Crippen LogP contribution in [0.25, 0.3) is 6.08 Å². The summed E-state index contributed by atoms with van der Waals surface area (Å²) in [5.74, 6) is 0.00165. The van der Waals surface area contributed by atoms with E-state index in [0.717, 1.165) is 16.7 Å². The molecule has 1 fully saturated rings. The third-order valence-corrected chi connectivity index (χ3v) is 5.51. The number of anilines is 1. The Balaban J connectivity index is 1.92. The normalized spacial score (nSPS) is 16.9. The summed E-state index contributed by atoms with van der Waals surface area (Å²) in [6.07, 6.45) is 3.92. The molecule has 0 saturated carbocycles. The molecule has 1 unspecified atom stereocenters. The van der Waals surface area contributed by atoms with Crippen LogP contribution in [0.15, 0.2) is 34.0 Å². The van der Waals surface area contributed by atoms with Crippen molar-refractivity contribution in [2.75, 3.05) is 12.8 Å². The number of benzene rings is 1. The molecule has 1 aliphatic rings. The first kappa shape index (κ1) is 19.2. The van der Waals surface area contributed by atoms with Crippen molar-refractivity contribution in [3.8, 4) is 11.5 Å². The molecule has 1 atom stereocenters. The van der Waals surface area contributed by atoms with Gasteiger partial charge >= 0.3 is 0 Å². The zero-order chi connectivity index (χ0) is 19.7. The number of carbonyl (C=O) groups is 2. The Morgan fingerprint density at radius 3 is 2.78 bits per heavy atom. The highest BCUT2D eigenvalue weighted by atomic mass is 79.9. The summed E-state index contributed by atoms with van der Waals surface area (Å²) >= 11 is 4.19. The number of imide groups is 1. The summed E-state index contributed by atoms with van der Waals surface area (Å²) in [4.78, 5) is 32.9. The number of likely N-dealkylation sites (N-methyl/N-ethyl adjacent to an activating group) is 1. The number of aromatic nitrogens is 2. The van der Waals surface area contributed by atoms with Gasteiger partial charge in [0.15, 0.2) is 11.5 Å². The van der Waals surface area contributed by atoms with Crippen molar-refractivity contribution in [3.05, 3.63) is 45.2 Å². The standard InChI is InChI=1S/C17H15BrN4O4S/c1-8(10-6-20-7-21-15(10)19)26-13-3-9(11(18)5-12(13)23)4-14-16(24)22(2)17(25)27-14/h3-8,23H,1-2H3,(H2,19,20,21)/b14-4-. The number of thioether (sulfide) groups is 1. The minimum atomic E-state index is -0.519. The van der Waals surface area contributed by atoms with Gasteiger partial charge < -0.3 is 15.6 Å². The van der Waals surface area contributed by atoms with E-state index in [2.05, 4.69) is 25.9 Å². The molecule has 2 aromatic rings. The van der Waals surface area contributed by atoms with Gasteiger partial charge in [-0.2, -0.15) is 0 Å². The molecule has 2 amide bonds. The molecule has 0 spiro atoms. The second-order valence-corrected chi connectivity index (χ2v) is 7.55. The summed E-state index contributed by atoms with van der Waals surface area (Å²) in [5.41, 5.74) is 6.98. The lowest BCUT2D eigenvalue weighted by molar-refractivity contribution is -0.121. The van der Waals surface area contributed by atoms with E-state index < -0.39 is 6.10 Å². The average molecular weight is 451 g/mol. The second kappa shape index (κ2) is 7.57. The molecule has 8 nitrogen and oxygen atoms in total. The molecule has 0 aliphatic carbocycles. The van der Waals surface area contributed by atoms with Crippen LogP contribution in [0, 0.1) is 0 Å². The van der Waals surface area contributed by atoms with Gasteiger partial charge in [-0.25, -0.2) is 9.97 Å². The Hall–Kier alpha value is -2.59. The Kier molecular flexibility index (Phi) is 5.38. The van der Waals surface area contributed by atoms with Crippen molar-refractivity contribution in [1.82, 2.24) is 14.9 Å². The maximum absolute atomic E-state index is 12.1. The van der Waals surface area contributed by atoms with Crippen LogP contribution in [0.1, 0.15) is 24.2 Å². The van der Waals surface area contributed by atoms with E-state index in [-0.39, 0.29) is 33.4 Å². The van der Waals surface area contributed by atoms with Crippen molar-refractivity contribution in [3.63, 3.8) is 0 Å². The molecule has 0 radical (unpaired) electrons. The SMILES string of the molecule is CC(Oc1cc(/C=C2\SC(=O)N(C)C2=O)c(Br)cc1O)c1cncnc1N. The van der Waals surface area contributed by atoms with Gasteiger partial charge in [0.1, 0.15) is 18.2 Å². The quantitative estimate of drug-likeness (QED) is 0.680. The molecule has 1 aromatic heterocycles. The maximum atomic E-state index is 12.1. The predicted molar refractivity (Wildman–Crippen MR) is 105 cm³/mol. The second-order valence-electron chi connectivity index (χ2n) is 5.71. The van der Waals surface area contributed by atoms with Crippen LogP contribution in [0.4, 0.5) is 10.6 Å². The smallest absolute Gasteiger partial charge is 0.293 e. The number of phenols is 1. The summed E-state index contributed by atoms with van der Waals surface area (Å²) in [7, 11) is 1.42. The molecular formula is C17H15BrN4O4S. The molecule has 1 aromatic carbocycles. The van der Waals surface area contributed by atoms with Crippen LogP contribution in [-0.4, -0.2) is 38.2 Å². The predicted octanol–water partition coefficient (Wildman–Crippen LogP) is 3.33. The van der Waals surface area contributed by atoms with Crippen molar-refractivity contribution < 1.29 is 19.4 Å². The topological polar surface area (TPSA) is 119 Å². The van der Waals surface area contributed by atoms with Crippen LogP contribution >= 0.6 is 27.7 Å². The van der Waals surface area contributed by atoms with Gasteiger partial charge in [0, 0.05) is 17.7 Å². The fourth-order valence-electron chi connectivity index (χ4n) is 2.37. The number of carbonyl (C=O) groups excluding carboxylic acids is 2. The van der Waals surface area contributed by atoms with Crippen molar-refractivity contribution in [1.29, 1.82) is 0 Å². The lowest BCUT2D eigenvalue weighted by Gasteiger charge is -2.17. The number of phenolic OH excluding ortho intramolecular Hbond substituents is 1. The number of nitrogens with zero attached hydrogens (tertiary/aromatic N) is 3. The Labute approximate surface area is 167 Å². The van der Waals surface area contributed by atoms with Gasteiger partial charge in [-0.15, -0.1) is 0 Å². The summed E-state index contributed by atoms with van der Waals surface area (Å²) in [6.45, 7) is 1.75. The van der Waals surface area contributed by atoms with Crippen LogP contribution in [0.2, 0.25) is 0 Å². The number of hydrogen-bond acceptors (Lipinski definition) is 8. The van der Waals surface area contributed by atoms with Gasteiger partial charge in [-0.3, -0.25) is 14.5 Å². The maximum Gasteiger partial charge on any atom is 0.293 e. The van der Waals surface area contributed by atoms with E-state index in [9.17, 15) is 14.7 Å². The number of rotatable bonds is 4. The molecule has 1 saturated heterocycles. The van der Waals surface area contributed by atoms with E-state index in [1.807, 2.05) is 0 Å². The Morgan fingerprint density at radius 2 is 2.15 bits per heavy atom. The van der Waals surface area contributed by atoms with Gasteiger partial charge in [0.25, 0.3) is 11.1 Å². The van der Waals surface area contributed by atoms with Gasteiger partial charge in [-0.1, -0.05) is 15.9 Å². The first-order valence-electron chi connectivity index (χ1n) is 7.74. The average Bonchev–Trinajstić information content (AvgIpc) is 2.86. The third kappa shape index (κ3) is 3.91. The van der Waals surface area contributed by atoms with Crippen molar-refractivity contribution >= 4 is 50.7 Å². The molecule has 3 rings (SSSR count). The fraction of sp³-hybridized carbons (Fsp3) is 0.176. The Bertz CT molecular complexity index is 966. The number of nitrogen functional groups attached to an aromatic ring is 1. The van der Waals surface area contributed by atoms with E-state index in [0.29, 0.717) is 15.6 Å². The largest absolute Gasteiger partial charge is 0.504 e. The highest BCUT2D eigenvalue weighted by Gasteiger charge is 2.32. The molecule has 0 bridgehead atoms. The summed E-state index contributed by atoms with van der Waals surface area (Å²) in [6, 6.07) is 3.02. The monoisotopic (exact) mass is 450 g/mol. The number of amides is 2. The highest BCUT2D eigenvalue weighted by Crippen LogP contribution is 2.38. The van der Waals surface area contributed by atoms with Crippen LogP contribution in [0.3, 0.4) is 0 Å². The van der Waals surface area contributed by atoms with Crippen LogP contribution in [-0.2, 0) is 4.79 Å². The zero-order valence-electron chi connectivity index (χ0n) is 14.3. The van der Waals surface area contributed by atoms with Crippen LogP contribution < -0.4 is 10.5 Å². The molecule has 1 aliphatic heterocycles. The number of hydrogen-bond donors (Lipinski definition) is 2. The van der Waals surface area contributed by atoms with E-state index in [1.165, 1.54) is 19.4 Å². The number of ether oxygens (including phenoxy) is 1. The molecule has 3 N–H and O–H groups in total. The summed E-state index contributed by atoms with van der Waals surface area (Å²) in [5, 5.41) is 9.86. The van der Waals surface area contributed by atoms with Gasteiger partial charge in [-0.05, 0) is 42.5 Å². The highest BCUT2D eigenvalue weighted by molar-refractivity contribution is 9.10. The molecule has 27 heavy (non-hydrogen) atoms. The number of nitrogens with two attached hydrogens (primary N) is 1. The molecule has 2 heterocycles. The first-order chi connectivity index (χ1) is 12.8. The lowest BCUT2D eigenvalue weighted by atomic mass is 10.1. The number of halogens is 1. The van der Waals surface area contributed by atoms with Crippen LogP contribution in [0.5, 0.6) is 11.5 Å². The first-order valence-corrected chi connectivity index (χ1v) is 9.35. The minimum Gasteiger partial charge on any atom is -0.504 e. The van der Waals surface area contributed by atoms with Gasteiger partial charge in [0.05, 0.1) is 10.5 Å². The fourth-order valence-corrected chi connectivity index (χ4v) is 3.63. The molecule has 140 valence electrons. The van der Waals surface area contributed by atoms with Gasteiger partial charge in [0.2, 0.25) is 0 Å². The Morgan fingerprint density at radius 1 is 1.41 bits per heavy atom. The molecule has 10 heteroatoms. The minimum absolute atomic E-state index is 0.0927. The third-order valence-electron chi connectivity index (χ3n) is 3.87. The molecular weight excluding hydrogens is 436 g/mol. The van der Waals surface area contributed by atoms with E-state index >= 15 is 0 Å².